The van der Waals surface area contributed by atoms with Crippen molar-refractivity contribution in [1.82, 2.24) is 5.32 Å². The van der Waals surface area contributed by atoms with Gasteiger partial charge in [0.2, 0.25) is 0 Å². The number of rotatable bonds is 6. The van der Waals surface area contributed by atoms with Gasteiger partial charge >= 0.3 is 0 Å². The van der Waals surface area contributed by atoms with Crippen molar-refractivity contribution in [3.63, 3.8) is 0 Å². The fourth-order valence-corrected chi connectivity index (χ4v) is 1.75. The van der Waals surface area contributed by atoms with Crippen LogP contribution in [0.5, 0.6) is 0 Å². The molecule has 0 aromatic heterocycles. The number of benzene rings is 1. The van der Waals surface area contributed by atoms with Crippen molar-refractivity contribution in [2.75, 3.05) is 6.54 Å². The van der Waals surface area contributed by atoms with Crippen molar-refractivity contribution in [3.05, 3.63) is 35.4 Å². The van der Waals surface area contributed by atoms with Crippen LogP contribution in [0.15, 0.2) is 24.3 Å². The molecule has 1 saturated carbocycles. The molecule has 0 heterocycles. The van der Waals surface area contributed by atoms with E-state index in [4.69, 9.17) is 0 Å². The second kappa shape index (κ2) is 5.26. The first-order valence-electron chi connectivity index (χ1n) is 6.15. The molecule has 0 atom stereocenters. The van der Waals surface area contributed by atoms with E-state index < -0.39 is 0 Å². The maximum atomic E-state index is 11.8. The third-order valence-electron chi connectivity index (χ3n) is 3.05. The number of carbonyl (C=O) groups excluding carboxylic acids is 1. The Morgan fingerprint density at radius 2 is 2.00 bits per heavy atom. The number of carbonyl (C=O) groups is 1. The number of hydrogen-bond donors (Lipinski definition) is 1. The topological polar surface area (TPSA) is 29.1 Å². The molecule has 0 amide bonds. The molecule has 0 unspecified atom stereocenters. The Labute approximate surface area is 97.1 Å². The van der Waals surface area contributed by atoms with Gasteiger partial charge < -0.3 is 5.32 Å². The van der Waals surface area contributed by atoms with Gasteiger partial charge in [-0.15, -0.1) is 0 Å². The summed E-state index contributed by atoms with van der Waals surface area (Å²) < 4.78 is 0. The van der Waals surface area contributed by atoms with E-state index in [-0.39, 0.29) is 5.78 Å². The minimum absolute atomic E-state index is 0.246. The van der Waals surface area contributed by atoms with Gasteiger partial charge in [-0.1, -0.05) is 31.2 Å². The average molecular weight is 217 g/mol. The third-order valence-corrected chi connectivity index (χ3v) is 3.05. The van der Waals surface area contributed by atoms with E-state index in [1.165, 1.54) is 18.4 Å². The molecule has 0 spiro atoms. The van der Waals surface area contributed by atoms with Crippen LogP contribution in [-0.2, 0) is 6.42 Å². The molecule has 86 valence electrons. The Bertz CT molecular complexity index is 352. The van der Waals surface area contributed by atoms with Crippen molar-refractivity contribution in [3.8, 4) is 0 Å². The van der Waals surface area contributed by atoms with E-state index in [2.05, 4.69) is 12.2 Å². The quantitative estimate of drug-likeness (QED) is 0.742. The predicted molar refractivity (Wildman–Crippen MR) is 65.8 cm³/mol. The summed E-state index contributed by atoms with van der Waals surface area (Å²) in [6, 6.07) is 8.66. The molecule has 0 aliphatic heterocycles. The van der Waals surface area contributed by atoms with E-state index in [0.717, 1.165) is 18.5 Å². The highest BCUT2D eigenvalue weighted by atomic mass is 16.1. The van der Waals surface area contributed by atoms with Gasteiger partial charge in [-0.2, -0.15) is 0 Å². The van der Waals surface area contributed by atoms with Gasteiger partial charge in [0.1, 0.15) is 0 Å². The van der Waals surface area contributed by atoms with Gasteiger partial charge in [-0.3, -0.25) is 4.79 Å². The lowest BCUT2D eigenvalue weighted by Gasteiger charge is -2.03. The maximum absolute atomic E-state index is 11.8. The smallest absolute Gasteiger partial charge is 0.164 e. The van der Waals surface area contributed by atoms with Crippen molar-refractivity contribution in [2.24, 2.45) is 0 Å². The zero-order valence-corrected chi connectivity index (χ0v) is 9.83. The Balaban J connectivity index is 1.81. The van der Waals surface area contributed by atoms with Crippen LogP contribution < -0.4 is 5.32 Å². The second-order valence-electron chi connectivity index (χ2n) is 4.45. The number of hydrogen-bond acceptors (Lipinski definition) is 2. The first-order chi connectivity index (χ1) is 7.79. The summed E-state index contributed by atoms with van der Waals surface area (Å²) in [4.78, 5) is 11.8. The predicted octanol–water partition coefficient (Wildman–Crippen LogP) is 2.57. The standard InChI is InChI=1S/C14H19NO/c1-2-11-3-5-12(6-4-11)14(16)9-10-15-13-7-8-13/h3-6,13,15H,2,7-10H2,1H3. The van der Waals surface area contributed by atoms with Crippen molar-refractivity contribution < 1.29 is 4.79 Å². The molecule has 1 N–H and O–H groups in total. The minimum Gasteiger partial charge on any atom is -0.314 e. The zero-order chi connectivity index (χ0) is 11.4. The molecule has 2 nitrogen and oxygen atoms in total. The molecule has 0 saturated heterocycles. The van der Waals surface area contributed by atoms with Crippen LogP contribution in [0.2, 0.25) is 0 Å². The van der Waals surface area contributed by atoms with Crippen molar-refractivity contribution in [2.45, 2.75) is 38.6 Å². The van der Waals surface area contributed by atoms with Gasteiger partial charge in [0.25, 0.3) is 0 Å². The molecule has 0 radical (unpaired) electrons. The minimum atomic E-state index is 0.246. The summed E-state index contributed by atoms with van der Waals surface area (Å²) in [6.07, 6.45) is 4.19. The van der Waals surface area contributed by atoms with Crippen LogP contribution in [0.1, 0.15) is 42.1 Å². The van der Waals surface area contributed by atoms with Gasteiger partial charge in [-0.25, -0.2) is 0 Å². The molecule has 1 aromatic carbocycles. The van der Waals surface area contributed by atoms with Crippen LogP contribution in [-0.4, -0.2) is 18.4 Å². The van der Waals surface area contributed by atoms with E-state index >= 15 is 0 Å². The fourth-order valence-electron chi connectivity index (χ4n) is 1.75. The molecule has 2 heteroatoms. The largest absolute Gasteiger partial charge is 0.314 e. The molecule has 1 aromatic rings. The Hall–Kier alpha value is -1.15. The first kappa shape index (κ1) is 11.3. The van der Waals surface area contributed by atoms with Crippen LogP contribution in [0.25, 0.3) is 0 Å². The monoisotopic (exact) mass is 217 g/mol. The van der Waals surface area contributed by atoms with E-state index in [1.807, 2.05) is 24.3 Å². The van der Waals surface area contributed by atoms with E-state index in [1.54, 1.807) is 0 Å². The molecule has 0 bridgehead atoms. The SMILES string of the molecule is CCc1ccc(C(=O)CCNC2CC2)cc1. The average Bonchev–Trinajstić information content (AvgIpc) is 3.13. The molecule has 16 heavy (non-hydrogen) atoms. The summed E-state index contributed by atoms with van der Waals surface area (Å²) >= 11 is 0. The Morgan fingerprint density at radius 1 is 1.31 bits per heavy atom. The van der Waals surface area contributed by atoms with Crippen LogP contribution in [0.4, 0.5) is 0 Å². The number of nitrogens with one attached hydrogen (secondary N) is 1. The molecule has 1 aliphatic rings. The molecular weight excluding hydrogens is 198 g/mol. The van der Waals surface area contributed by atoms with E-state index in [0.29, 0.717) is 12.5 Å². The summed E-state index contributed by atoms with van der Waals surface area (Å²) in [5.74, 6) is 0.246. The lowest BCUT2D eigenvalue weighted by Crippen LogP contribution is -2.20. The summed E-state index contributed by atoms with van der Waals surface area (Å²) in [6.45, 7) is 2.94. The highest BCUT2D eigenvalue weighted by Crippen LogP contribution is 2.18. The number of Topliss-reactive ketones (excluding diaryl/α,β-unsaturated/α-hetero) is 1. The Morgan fingerprint density at radius 3 is 2.56 bits per heavy atom. The lowest BCUT2D eigenvalue weighted by atomic mass is 10.1. The van der Waals surface area contributed by atoms with Gasteiger partial charge in [-0.05, 0) is 24.8 Å². The van der Waals surface area contributed by atoms with Gasteiger partial charge in [0, 0.05) is 24.6 Å². The highest BCUT2D eigenvalue weighted by molar-refractivity contribution is 5.96. The normalized spacial score (nSPS) is 15.1. The lowest BCUT2D eigenvalue weighted by molar-refractivity contribution is 0.0982. The highest BCUT2D eigenvalue weighted by Gasteiger charge is 2.20. The zero-order valence-electron chi connectivity index (χ0n) is 9.83. The molecule has 1 aliphatic carbocycles. The maximum Gasteiger partial charge on any atom is 0.164 e. The Kier molecular flexibility index (Phi) is 3.73. The van der Waals surface area contributed by atoms with Crippen LogP contribution in [0, 0.1) is 0 Å². The molecule has 1 fully saturated rings. The third kappa shape index (κ3) is 3.17. The van der Waals surface area contributed by atoms with Crippen LogP contribution >= 0.6 is 0 Å². The van der Waals surface area contributed by atoms with Crippen molar-refractivity contribution >= 4 is 5.78 Å². The van der Waals surface area contributed by atoms with Crippen LogP contribution in [0.3, 0.4) is 0 Å². The fraction of sp³-hybridized carbons (Fsp3) is 0.500. The summed E-state index contributed by atoms with van der Waals surface area (Å²) in [5, 5.41) is 3.36. The summed E-state index contributed by atoms with van der Waals surface area (Å²) in [7, 11) is 0. The number of aryl methyl sites for hydroxylation is 1. The second-order valence-corrected chi connectivity index (χ2v) is 4.45. The number of ketones is 1. The first-order valence-corrected chi connectivity index (χ1v) is 6.15. The molecule has 2 rings (SSSR count). The summed E-state index contributed by atoms with van der Waals surface area (Å²) in [5.41, 5.74) is 2.13. The van der Waals surface area contributed by atoms with Crippen molar-refractivity contribution in [1.29, 1.82) is 0 Å². The molecular formula is C14H19NO. The van der Waals surface area contributed by atoms with E-state index in [9.17, 15) is 4.79 Å². The van der Waals surface area contributed by atoms with Gasteiger partial charge in [0.15, 0.2) is 5.78 Å². The van der Waals surface area contributed by atoms with Gasteiger partial charge in [0.05, 0.1) is 0 Å².